The van der Waals surface area contributed by atoms with Gasteiger partial charge in [-0.3, -0.25) is 4.98 Å². The number of fused-ring (bicyclic) bond motifs is 1. The number of nitrogens with zero attached hydrogens (tertiary/aromatic N) is 2. The van der Waals surface area contributed by atoms with E-state index >= 15 is 0 Å². The lowest BCUT2D eigenvalue weighted by atomic mass is 10.0. The first kappa shape index (κ1) is 10.6. The molecule has 1 heterocycles. The van der Waals surface area contributed by atoms with Crippen molar-refractivity contribution >= 4 is 10.9 Å². The molecule has 0 saturated carbocycles. The molecule has 0 spiro atoms. The van der Waals surface area contributed by atoms with E-state index in [1.165, 1.54) is 0 Å². The van der Waals surface area contributed by atoms with E-state index in [4.69, 9.17) is 5.26 Å². The molecule has 2 unspecified atom stereocenters. The highest BCUT2D eigenvalue weighted by Gasteiger charge is 2.19. The van der Waals surface area contributed by atoms with Crippen molar-refractivity contribution in [2.45, 2.75) is 12.2 Å². The summed E-state index contributed by atoms with van der Waals surface area (Å²) in [5, 5.41) is 28.5. The van der Waals surface area contributed by atoms with Crippen LogP contribution in [-0.4, -0.2) is 21.3 Å². The monoisotopic (exact) mass is 214 g/mol. The molecule has 4 nitrogen and oxygen atoms in total. The van der Waals surface area contributed by atoms with Gasteiger partial charge in [0.25, 0.3) is 0 Å². The lowest BCUT2D eigenvalue weighted by Gasteiger charge is -2.13. The third kappa shape index (κ3) is 1.74. The Bertz CT molecular complexity index is 543. The van der Waals surface area contributed by atoms with Crippen molar-refractivity contribution in [3.8, 4) is 6.07 Å². The van der Waals surface area contributed by atoms with Crippen LogP contribution in [0.3, 0.4) is 0 Å². The highest BCUT2D eigenvalue weighted by molar-refractivity contribution is 5.81. The molecule has 80 valence electrons. The molecular formula is C12H10N2O2. The first-order chi connectivity index (χ1) is 7.74. The lowest BCUT2D eigenvalue weighted by Crippen LogP contribution is -2.16. The maximum atomic E-state index is 9.77. The first-order valence-electron chi connectivity index (χ1n) is 4.83. The van der Waals surface area contributed by atoms with Gasteiger partial charge in [0.1, 0.15) is 6.10 Å². The van der Waals surface area contributed by atoms with Gasteiger partial charge in [0, 0.05) is 17.1 Å². The Balaban J connectivity index is 2.57. The minimum absolute atomic E-state index is 0.465. The Labute approximate surface area is 92.4 Å². The quantitative estimate of drug-likeness (QED) is 0.735. The van der Waals surface area contributed by atoms with Crippen LogP contribution in [0.5, 0.6) is 0 Å². The fraction of sp³-hybridized carbons (Fsp3) is 0.167. The second kappa shape index (κ2) is 4.27. The fourth-order valence-electron chi connectivity index (χ4n) is 1.61. The van der Waals surface area contributed by atoms with E-state index in [-0.39, 0.29) is 0 Å². The summed E-state index contributed by atoms with van der Waals surface area (Å²) in [5.41, 5.74) is 1.07. The third-order valence-electron chi connectivity index (χ3n) is 2.41. The largest absolute Gasteiger partial charge is 0.384 e. The molecule has 0 aliphatic heterocycles. The number of pyridine rings is 1. The maximum absolute atomic E-state index is 9.77. The molecule has 1 aromatic heterocycles. The van der Waals surface area contributed by atoms with Crippen LogP contribution in [0.4, 0.5) is 0 Å². The minimum atomic E-state index is -1.44. The first-order valence-corrected chi connectivity index (χ1v) is 4.83. The van der Waals surface area contributed by atoms with Gasteiger partial charge in [-0.25, -0.2) is 0 Å². The zero-order valence-electron chi connectivity index (χ0n) is 8.41. The summed E-state index contributed by atoms with van der Waals surface area (Å²) >= 11 is 0. The van der Waals surface area contributed by atoms with Crippen LogP contribution in [0, 0.1) is 11.3 Å². The molecule has 0 fully saturated rings. The van der Waals surface area contributed by atoms with Gasteiger partial charge >= 0.3 is 0 Å². The summed E-state index contributed by atoms with van der Waals surface area (Å²) in [5.74, 6) is 0. The molecule has 0 aliphatic rings. The molecule has 0 radical (unpaired) electrons. The average Bonchev–Trinajstić information content (AvgIpc) is 2.36. The molecule has 4 heteroatoms. The van der Waals surface area contributed by atoms with Gasteiger partial charge in [-0.1, -0.05) is 24.3 Å². The second-order valence-corrected chi connectivity index (χ2v) is 3.44. The smallest absolute Gasteiger partial charge is 0.170 e. The molecule has 16 heavy (non-hydrogen) atoms. The van der Waals surface area contributed by atoms with Crippen LogP contribution in [0.1, 0.15) is 11.7 Å². The summed E-state index contributed by atoms with van der Waals surface area (Å²) < 4.78 is 0. The predicted octanol–water partition coefficient (Wildman–Crippen LogP) is 1.15. The SMILES string of the molecule is N#CC(O)C(O)c1cccc2cccnc12. The van der Waals surface area contributed by atoms with E-state index in [0.717, 1.165) is 5.39 Å². The van der Waals surface area contributed by atoms with Gasteiger partial charge in [0.05, 0.1) is 11.6 Å². The van der Waals surface area contributed by atoms with Crippen molar-refractivity contribution in [2.75, 3.05) is 0 Å². The number of para-hydroxylation sites is 1. The Morgan fingerprint density at radius 1 is 1.19 bits per heavy atom. The number of aliphatic hydroxyl groups excluding tert-OH is 2. The summed E-state index contributed by atoms with van der Waals surface area (Å²) in [6.07, 6.45) is -1.06. The Morgan fingerprint density at radius 2 is 1.94 bits per heavy atom. The van der Waals surface area contributed by atoms with E-state index in [9.17, 15) is 10.2 Å². The van der Waals surface area contributed by atoms with Crippen LogP contribution in [0.2, 0.25) is 0 Å². The van der Waals surface area contributed by atoms with Crippen molar-refractivity contribution in [3.05, 3.63) is 42.1 Å². The molecular weight excluding hydrogens is 204 g/mol. The average molecular weight is 214 g/mol. The lowest BCUT2D eigenvalue weighted by molar-refractivity contribution is 0.0536. The summed E-state index contributed by atoms with van der Waals surface area (Å²) in [6.45, 7) is 0. The molecule has 2 atom stereocenters. The van der Waals surface area contributed by atoms with E-state index < -0.39 is 12.2 Å². The topological polar surface area (TPSA) is 77.1 Å². The fourth-order valence-corrected chi connectivity index (χ4v) is 1.61. The molecule has 2 rings (SSSR count). The number of aliphatic hydroxyl groups is 2. The summed E-state index contributed by atoms with van der Waals surface area (Å²) in [6, 6.07) is 10.5. The van der Waals surface area contributed by atoms with Crippen molar-refractivity contribution in [1.82, 2.24) is 4.98 Å². The predicted molar refractivity (Wildman–Crippen MR) is 58.3 cm³/mol. The second-order valence-electron chi connectivity index (χ2n) is 3.44. The van der Waals surface area contributed by atoms with Crippen LogP contribution in [0.25, 0.3) is 10.9 Å². The third-order valence-corrected chi connectivity index (χ3v) is 2.41. The zero-order valence-corrected chi connectivity index (χ0v) is 8.41. The summed E-state index contributed by atoms with van der Waals surface area (Å²) in [7, 11) is 0. The number of hydrogen-bond acceptors (Lipinski definition) is 4. The molecule has 0 saturated heterocycles. The number of aromatic nitrogens is 1. The molecule has 0 aliphatic carbocycles. The molecule has 0 amide bonds. The van der Waals surface area contributed by atoms with E-state index in [0.29, 0.717) is 11.1 Å². The van der Waals surface area contributed by atoms with Crippen molar-refractivity contribution in [2.24, 2.45) is 0 Å². The zero-order chi connectivity index (χ0) is 11.5. The van der Waals surface area contributed by atoms with Gasteiger partial charge < -0.3 is 10.2 Å². The van der Waals surface area contributed by atoms with Crippen LogP contribution < -0.4 is 0 Å². The van der Waals surface area contributed by atoms with Crippen molar-refractivity contribution in [3.63, 3.8) is 0 Å². The highest BCUT2D eigenvalue weighted by Crippen LogP contribution is 2.24. The van der Waals surface area contributed by atoms with Gasteiger partial charge in [-0.15, -0.1) is 0 Å². The van der Waals surface area contributed by atoms with Crippen LogP contribution in [0.15, 0.2) is 36.5 Å². The molecule has 1 aromatic carbocycles. The minimum Gasteiger partial charge on any atom is -0.384 e. The van der Waals surface area contributed by atoms with E-state index in [1.54, 1.807) is 30.5 Å². The van der Waals surface area contributed by atoms with Crippen molar-refractivity contribution < 1.29 is 10.2 Å². The standard InChI is InChI=1S/C12H10N2O2/c13-7-10(15)12(16)9-5-1-3-8-4-2-6-14-11(8)9/h1-6,10,12,15-16H. The van der Waals surface area contributed by atoms with Crippen molar-refractivity contribution in [1.29, 1.82) is 5.26 Å². The maximum Gasteiger partial charge on any atom is 0.170 e. The Hall–Kier alpha value is -1.96. The van der Waals surface area contributed by atoms with Crippen LogP contribution in [-0.2, 0) is 0 Å². The van der Waals surface area contributed by atoms with E-state index in [2.05, 4.69) is 4.98 Å². The number of nitriles is 1. The molecule has 2 aromatic rings. The summed E-state index contributed by atoms with van der Waals surface area (Å²) in [4.78, 5) is 4.14. The highest BCUT2D eigenvalue weighted by atomic mass is 16.3. The number of rotatable bonds is 2. The van der Waals surface area contributed by atoms with E-state index in [1.807, 2.05) is 12.1 Å². The Kier molecular flexibility index (Phi) is 2.82. The molecule has 2 N–H and O–H groups in total. The van der Waals surface area contributed by atoms with Gasteiger partial charge in [-0.05, 0) is 6.07 Å². The molecule has 0 bridgehead atoms. The van der Waals surface area contributed by atoms with Gasteiger partial charge in [0.2, 0.25) is 0 Å². The number of hydrogen-bond donors (Lipinski definition) is 2. The van der Waals surface area contributed by atoms with Gasteiger partial charge in [-0.2, -0.15) is 5.26 Å². The van der Waals surface area contributed by atoms with Crippen LogP contribution >= 0.6 is 0 Å². The number of benzene rings is 1. The Morgan fingerprint density at radius 3 is 2.69 bits per heavy atom. The normalized spacial score (nSPS) is 14.3. The van der Waals surface area contributed by atoms with Gasteiger partial charge in [0.15, 0.2) is 6.10 Å².